The average Bonchev–Trinajstić information content (AvgIpc) is 2.61. The van der Waals surface area contributed by atoms with Crippen LogP contribution < -0.4 is 10.2 Å². The lowest BCUT2D eigenvalue weighted by Gasteiger charge is -2.21. The number of anilines is 2. The summed E-state index contributed by atoms with van der Waals surface area (Å²) in [6.07, 6.45) is 2.66. The first-order valence-electron chi connectivity index (χ1n) is 8.31. The maximum atomic E-state index is 12.4. The topological polar surface area (TPSA) is 65.5 Å². The molecule has 0 spiro atoms. The van der Waals surface area contributed by atoms with Crippen LogP contribution in [0.4, 0.5) is 11.5 Å². The first-order chi connectivity index (χ1) is 11.6. The summed E-state index contributed by atoms with van der Waals surface area (Å²) in [7, 11) is 0. The Hall–Kier alpha value is -2.40. The number of amides is 1. The van der Waals surface area contributed by atoms with Crippen molar-refractivity contribution in [1.82, 2.24) is 4.98 Å². The van der Waals surface area contributed by atoms with Crippen molar-refractivity contribution >= 4 is 17.4 Å². The van der Waals surface area contributed by atoms with Gasteiger partial charge >= 0.3 is 0 Å². The summed E-state index contributed by atoms with van der Waals surface area (Å²) in [5, 5.41) is 12.1. The molecule has 0 fully saturated rings. The van der Waals surface area contributed by atoms with Crippen LogP contribution in [-0.4, -0.2) is 29.1 Å². The molecule has 0 radical (unpaired) electrons. The second-order valence-electron chi connectivity index (χ2n) is 5.75. The van der Waals surface area contributed by atoms with Gasteiger partial charge in [-0.25, -0.2) is 4.98 Å². The second kappa shape index (κ2) is 8.45. The van der Waals surface area contributed by atoms with Crippen LogP contribution in [0, 0.1) is 6.92 Å². The molecule has 24 heavy (non-hydrogen) atoms. The van der Waals surface area contributed by atoms with Crippen LogP contribution in [0.25, 0.3) is 0 Å². The van der Waals surface area contributed by atoms with E-state index in [2.05, 4.69) is 29.0 Å². The molecular weight excluding hydrogens is 302 g/mol. The lowest BCUT2D eigenvalue weighted by molar-refractivity contribution is 0.102. The van der Waals surface area contributed by atoms with Gasteiger partial charge in [-0.3, -0.25) is 4.79 Å². The largest absolute Gasteiger partial charge is 0.392 e. The lowest BCUT2D eigenvalue weighted by atomic mass is 10.1. The molecule has 2 N–H and O–H groups in total. The molecule has 1 heterocycles. The molecule has 2 rings (SSSR count). The van der Waals surface area contributed by atoms with Crippen molar-refractivity contribution in [1.29, 1.82) is 0 Å². The number of pyridine rings is 1. The molecule has 0 unspecified atom stereocenters. The van der Waals surface area contributed by atoms with E-state index in [4.69, 9.17) is 0 Å². The summed E-state index contributed by atoms with van der Waals surface area (Å²) in [4.78, 5) is 19.0. The van der Waals surface area contributed by atoms with Gasteiger partial charge in [0.05, 0.1) is 12.2 Å². The molecule has 128 valence electrons. The number of hydrogen-bond donors (Lipinski definition) is 2. The highest BCUT2D eigenvalue weighted by atomic mass is 16.3. The standard InChI is InChI=1S/C19H25N3O2/c1-4-10-22(5-2)18-9-8-16(12-20-18)19(24)21-17-11-15(13-23)7-6-14(17)3/h6-9,11-12,23H,4-5,10,13H2,1-3H3,(H,21,24). The van der Waals surface area contributed by atoms with E-state index in [-0.39, 0.29) is 12.5 Å². The van der Waals surface area contributed by atoms with Gasteiger partial charge in [-0.1, -0.05) is 19.1 Å². The summed E-state index contributed by atoms with van der Waals surface area (Å²) in [5.41, 5.74) is 2.93. The van der Waals surface area contributed by atoms with Crippen molar-refractivity contribution in [2.45, 2.75) is 33.8 Å². The fourth-order valence-electron chi connectivity index (χ4n) is 2.51. The van der Waals surface area contributed by atoms with E-state index in [1.807, 2.05) is 25.1 Å². The smallest absolute Gasteiger partial charge is 0.257 e. The molecule has 0 atom stereocenters. The molecule has 0 aliphatic heterocycles. The third kappa shape index (κ3) is 4.32. The Bertz CT molecular complexity index is 684. The zero-order valence-electron chi connectivity index (χ0n) is 14.5. The number of carbonyl (C=O) groups excluding carboxylic acids is 1. The quantitative estimate of drug-likeness (QED) is 0.818. The van der Waals surface area contributed by atoms with Gasteiger partial charge in [-0.15, -0.1) is 0 Å². The van der Waals surface area contributed by atoms with Gasteiger partial charge in [0.1, 0.15) is 5.82 Å². The number of hydrogen-bond acceptors (Lipinski definition) is 4. The number of aliphatic hydroxyl groups excluding tert-OH is 1. The summed E-state index contributed by atoms with van der Waals surface area (Å²) >= 11 is 0. The summed E-state index contributed by atoms with van der Waals surface area (Å²) in [6.45, 7) is 7.93. The number of aromatic nitrogens is 1. The molecule has 0 aliphatic rings. The van der Waals surface area contributed by atoms with Gasteiger partial charge in [0.2, 0.25) is 0 Å². The predicted molar refractivity (Wildman–Crippen MR) is 97.5 cm³/mol. The zero-order valence-corrected chi connectivity index (χ0v) is 14.5. The van der Waals surface area contributed by atoms with Crippen molar-refractivity contribution in [3.05, 3.63) is 53.2 Å². The number of rotatable bonds is 7. The molecule has 0 saturated carbocycles. The molecule has 0 saturated heterocycles. The van der Waals surface area contributed by atoms with E-state index in [1.165, 1.54) is 0 Å². The Labute approximate surface area is 143 Å². The fraction of sp³-hybridized carbons (Fsp3) is 0.368. The molecule has 0 bridgehead atoms. The van der Waals surface area contributed by atoms with Gasteiger partial charge in [0, 0.05) is 25.0 Å². The van der Waals surface area contributed by atoms with Crippen molar-refractivity contribution in [3.63, 3.8) is 0 Å². The number of carbonyl (C=O) groups is 1. The maximum Gasteiger partial charge on any atom is 0.257 e. The van der Waals surface area contributed by atoms with Gasteiger partial charge in [0.15, 0.2) is 0 Å². The van der Waals surface area contributed by atoms with Gasteiger partial charge in [-0.2, -0.15) is 0 Å². The molecule has 2 aromatic rings. The van der Waals surface area contributed by atoms with Crippen LogP contribution in [0.2, 0.25) is 0 Å². The summed E-state index contributed by atoms with van der Waals surface area (Å²) in [5.74, 6) is 0.681. The van der Waals surface area contributed by atoms with Gasteiger partial charge in [-0.05, 0) is 49.6 Å². The first-order valence-corrected chi connectivity index (χ1v) is 8.31. The SMILES string of the molecule is CCCN(CC)c1ccc(C(=O)Nc2cc(CO)ccc2C)cn1. The minimum Gasteiger partial charge on any atom is -0.392 e. The minimum absolute atomic E-state index is 0.0519. The van der Waals surface area contributed by atoms with Crippen molar-refractivity contribution in [3.8, 4) is 0 Å². The second-order valence-corrected chi connectivity index (χ2v) is 5.75. The van der Waals surface area contributed by atoms with Crippen LogP contribution in [0.15, 0.2) is 36.5 Å². The number of nitrogens with zero attached hydrogens (tertiary/aromatic N) is 2. The molecule has 0 aliphatic carbocycles. The summed E-state index contributed by atoms with van der Waals surface area (Å²) in [6, 6.07) is 9.18. The highest BCUT2D eigenvalue weighted by molar-refractivity contribution is 6.04. The highest BCUT2D eigenvalue weighted by Crippen LogP contribution is 2.18. The van der Waals surface area contributed by atoms with Crippen LogP contribution in [0.3, 0.4) is 0 Å². The molecule has 5 heteroatoms. The van der Waals surface area contributed by atoms with Crippen LogP contribution in [-0.2, 0) is 6.61 Å². The van der Waals surface area contributed by atoms with Crippen LogP contribution in [0.1, 0.15) is 41.8 Å². The molecule has 1 aromatic carbocycles. The van der Waals surface area contributed by atoms with Crippen LogP contribution >= 0.6 is 0 Å². The molecular formula is C19H25N3O2. The van der Waals surface area contributed by atoms with Crippen molar-refractivity contribution < 1.29 is 9.90 Å². The minimum atomic E-state index is -0.203. The first kappa shape index (κ1) is 17.9. The Morgan fingerprint density at radius 2 is 2.04 bits per heavy atom. The van der Waals surface area contributed by atoms with E-state index < -0.39 is 0 Å². The summed E-state index contributed by atoms with van der Waals surface area (Å²) < 4.78 is 0. The van der Waals surface area contributed by atoms with Crippen molar-refractivity contribution in [2.24, 2.45) is 0 Å². The third-order valence-corrected chi connectivity index (χ3v) is 3.94. The van der Waals surface area contributed by atoms with E-state index in [0.29, 0.717) is 11.3 Å². The van der Waals surface area contributed by atoms with Gasteiger partial charge < -0.3 is 15.3 Å². The number of aliphatic hydroxyl groups is 1. The molecule has 1 amide bonds. The number of aryl methyl sites for hydroxylation is 1. The Kier molecular flexibility index (Phi) is 6.32. The Morgan fingerprint density at radius 1 is 1.25 bits per heavy atom. The third-order valence-electron chi connectivity index (χ3n) is 3.94. The maximum absolute atomic E-state index is 12.4. The zero-order chi connectivity index (χ0) is 17.5. The highest BCUT2D eigenvalue weighted by Gasteiger charge is 2.11. The van der Waals surface area contributed by atoms with E-state index >= 15 is 0 Å². The molecule has 5 nitrogen and oxygen atoms in total. The normalized spacial score (nSPS) is 10.5. The Balaban J connectivity index is 2.13. The monoisotopic (exact) mass is 327 g/mol. The lowest BCUT2D eigenvalue weighted by Crippen LogP contribution is -2.24. The fourth-order valence-corrected chi connectivity index (χ4v) is 2.51. The number of benzene rings is 1. The number of nitrogens with one attached hydrogen (secondary N) is 1. The van der Waals surface area contributed by atoms with E-state index in [9.17, 15) is 9.90 Å². The van der Waals surface area contributed by atoms with Crippen LogP contribution in [0.5, 0.6) is 0 Å². The van der Waals surface area contributed by atoms with E-state index in [1.54, 1.807) is 18.3 Å². The predicted octanol–water partition coefficient (Wildman–Crippen LogP) is 3.37. The molecule has 1 aromatic heterocycles. The van der Waals surface area contributed by atoms with E-state index in [0.717, 1.165) is 36.5 Å². The van der Waals surface area contributed by atoms with Gasteiger partial charge in [0.25, 0.3) is 5.91 Å². The van der Waals surface area contributed by atoms with Crippen molar-refractivity contribution in [2.75, 3.05) is 23.3 Å². The Morgan fingerprint density at radius 3 is 2.62 bits per heavy atom. The average molecular weight is 327 g/mol.